The molecular weight excluding hydrogens is 164 g/mol. The molecule has 0 spiro atoms. The summed E-state index contributed by atoms with van der Waals surface area (Å²) in [7, 11) is 0. The lowest BCUT2D eigenvalue weighted by atomic mass is 9.94. The Balaban J connectivity index is 3.91. The quantitative estimate of drug-likeness (QED) is 0.654. The maximum Gasteiger partial charge on any atom is 0.0666 e. The second-order valence-electron chi connectivity index (χ2n) is 3.80. The van der Waals surface area contributed by atoms with Crippen molar-refractivity contribution in [3.63, 3.8) is 0 Å². The van der Waals surface area contributed by atoms with Crippen LogP contribution in [0.25, 0.3) is 0 Å². The molecule has 0 radical (unpaired) electrons. The van der Waals surface area contributed by atoms with Gasteiger partial charge in [0.05, 0.1) is 12.0 Å². The molecule has 3 nitrogen and oxygen atoms in total. The molecule has 0 amide bonds. The Morgan fingerprint density at radius 1 is 1.62 bits per heavy atom. The largest absolute Gasteiger partial charge is 0.396 e. The molecule has 2 N–H and O–H groups in total. The molecule has 0 aliphatic carbocycles. The van der Waals surface area contributed by atoms with Gasteiger partial charge >= 0.3 is 0 Å². The summed E-state index contributed by atoms with van der Waals surface area (Å²) >= 11 is 0. The van der Waals surface area contributed by atoms with E-state index in [1.165, 1.54) is 0 Å². The van der Waals surface area contributed by atoms with Crippen LogP contribution in [0.15, 0.2) is 0 Å². The van der Waals surface area contributed by atoms with Gasteiger partial charge in [0.2, 0.25) is 0 Å². The average Bonchev–Trinajstić information content (AvgIpc) is 2.15. The molecule has 76 valence electrons. The number of rotatable bonds is 6. The van der Waals surface area contributed by atoms with Crippen molar-refractivity contribution in [2.75, 3.05) is 13.2 Å². The van der Waals surface area contributed by atoms with E-state index in [0.29, 0.717) is 6.54 Å². The molecule has 0 aromatic carbocycles. The summed E-state index contributed by atoms with van der Waals surface area (Å²) in [6.45, 7) is 6.94. The summed E-state index contributed by atoms with van der Waals surface area (Å²) < 4.78 is 0. The average molecular weight is 184 g/mol. The number of hydrogen-bond donors (Lipinski definition) is 2. The number of aliphatic hydroxyl groups excluding tert-OH is 1. The van der Waals surface area contributed by atoms with E-state index in [1.54, 1.807) is 0 Å². The fraction of sp³-hybridized carbons (Fsp3) is 0.900. The van der Waals surface area contributed by atoms with Gasteiger partial charge in [0.1, 0.15) is 0 Å². The van der Waals surface area contributed by atoms with Gasteiger partial charge in [-0.15, -0.1) is 0 Å². The second kappa shape index (κ2) is 5.95. The first-order chi connectivity index (χ1) is 6.08. The first kappa shape index (κ1) is 12.4. The Morgan fingerprint density at radius 3 is 2.62 bits per heavy atom. The zero-order valence-electron chi connectivity index (χ0n) is 8.80. The fourth-order valence-corrected chi connectivity index (χ4v) is 1.08. The van der Waals surface area contributed by atoms with E-state index >= 15 is 0 Å². The molecule has 0 saturated heterocycles. The number of nitrogens with one attached hydrogen (secondary N) is 1. The maximum absolute atomic E-state index is 8.85. The van der Waals surface area contributed by atoms with E-state index in [1.807, 2.05) is 6.92 Å². The van der Waals surface area contributed by atoms with Crippen molar-refractivity contribution in [2.24, 2.45) is 5.92 Å². The highest BCUT2D eigenvalue weighted by atomic mass is 16.3. The zero-order chi connectivity index (χ0) is 10.3. The van der Waals surface area contributed by atoms with E-state index in [0.717, 1.165) is 12.8 Å². The lowest BCUT2D eigenvalue weighted by molar-refractivity contribution is 0.213. The summed E-state index contributed by atoms with van der Waals surface area (Å²) in [6, 6.07) is 2.18. The highest BCUT2D eigenvalue weighted by Crippen LogP contribution is 2.13. The van der Waals surface area contributed by atoms with Crippen LogP contribution >= 0.6 is 0 Å². The zero-order valence-corrected chi connectivity index (χ0v) is 8.80. The SMILES string of the molecule is CCC(C)(CCO)NCC(C)C#N. The third kappa shape index (κ3) is 4.87. The molecule has 0 aliphatic rings. The number of nitriles is 1. The Bertz CT molecular complexity index is 176. The summed E-state index contributed by atoms with van der Waals surface area (Å²) in [6.07, 6.45) is 1.70. The van der Waals surface area contributed by atoms with Gasteiger partial charge in [0.25, 0.3) is 0 Å². The van der Waals surface area contributed by atoms with Crippen LogP contribution in [-0.4, -0.2) is 23.8 Å². The predicted molar refractivity (Wildman–Crippen MR) is 53.2 cm³/mol. The van der Waals surface area contributed by atoms with E-state index in [-0.39, 0.29) is 18.1 Å². The van der Waals surface area contributed by atoms with E-state index in [4.69, 9.17) is 10.4 Å². The van der Waals surface area contributed by atoms with Gasteiger partial charge in [0.15, 0.2) is 0 Å². The molecule has 0 saturated carbocycles. The monoisotopic (exact) mass is 184 g/mol. The van der Waals surface area contributed by atoms with Crippen LogP contribution in [-0.2, 0) is 0 Å². The minimum Gasteiger partial charge on any atom is -0.396 e. The Kier molecular flexibility index (Phi) is 5.68. The molecule has 0 heterocycles. The third-order valence-corrected chi connectivity index (χ3v) is 2.50. The van der Waals surface area contributed by atoms with Crippen molar-refractivity contribution >= 4 is 0 Å². The van der Waals surface area contributed by atoms with Crippen LogP contribution in [0.5, 0.6) is 0 Å². The fourth-order valence-electron chi connectivity index (χ4n) is 1.08. The van der Waals surface area contributed by atoms with E-state index < -0.39 is 0 Å². The molecular formula is C10H20N2O. The van der Waals surface area contributed by atoms with Crippen molar-refractivity contribution in [1.82, 2.24) is 5.32 Å². The normalized spacial score (nSPS) is 17.5. The van der Waals surface area contributed by atoms with Crippen molar-refractivity contribution in [3.8, 4) is 6.07 Å². The molecule has 2 unspecified atom stereocenters. The smallest absolute Gasteiger partial charge is 0.0666 e. The van der Waals surface area contributed by atoms with Gasteiger partial charge < -0.3 is 10.4 Å². The standard InChI is InChI=1S/C10H20N2O/c1-4-10(3,5-6-13)12-8-9(2)7-11/h9,12-13H,4-6,8H2,1-3H3. The molecule has 2 atom stereocenters. The van der Waals surface area contributed by atoms with Gasteiger partial charge in [-0.3, -0.25) is 0 Å². The lowest BCUT2D eigenvalue weighted by Gasteiger charge is -2.29. The van der Waals surface area contributed by atoms with Crippen molar-refractivity contribution < 1.29 is 5.11 Å². The van der Waals surface area contributed by atoms with Crippen LogP contribution in [0.3, 0.4) is 0 Å². The number of hydrogen-bond acceptors (Lipinski definition) is 3. The van der Waals surface area contributed by atoms with E-state index in [2.05, 4.69) is 25.2 Å². The van der Waals surface area contributed by atoms with Gasteiger partial charge in [-0.25, -0.2) is 0 Å². The predicted octanol–water partition coefficient (Wildman–Crippen LogP) is 1.29. The summed E-state index contributed by atoms with van der Waals surface area (Å²) in [5.41, 5.74) is -0.0279. The van der Waals surface area contributed by atoms with Gasteiger partial charge in [0, 0.05) is 18.7 Å². The summed E-state index contributed by atoms with van der Waals surface area (Å²) in [5, 5.41) is 20.8. The summed E-state index contributed by atoms with van der Waals surface area (Å²) in [5.74, 6) is 0.0320. The molecule has 0 aliphatic heterocycles. The molecule has 0 bridgehead atoms. The molecule has 0 aromatic heterocycles. The first-order valence-electron chi connectivity index (χ1n) is 4.83. The molecule has 3 heteroatoms. The molecule has 0 aromatic rings. The van der Waals surface area contributed by atoms with Crippen LogP contribution in [0.1, 0.15) is 33.6 Å². The highest BCUT2D eigenvalue weighted by molar-refractivity contribution is 4.86. The molecule has 13 heavy (non-hydrogen) atoms. The van der Waals surface area contributed by atoms with Crippen LogP contribution in [0.4, 0.5) is 0 Å². The second-order valence-corrected chi connectivity index (χ2v) is 3.80. The summed E-state index contributed by atoms with van der Waals surface area (Å²) in [4.78, 5) is 0. The Morgan fingerprint density at radius 2 is 2.23 bits per heavy atom. The topological polar surface area (TPSA) is 56.0 Å². The van der Waals surface area contributed by atoms with Gasteiger partial charge in [-0.2, -0.15) is 5.26 Å². The van der Waals surface area contributed by atoms with Gasteiger partial charge in [-0.1, -0.05) is 6.92 Å². The first-order valence-corrected chi connectivity index (χ1v) is 4.83. The number of aliphatic hydroxyl groups is 1. The third-order valence-electron chi connectivity index (χ3n) is 2.50. The van der Waals surface area contributed by atoms with Gasteiger partial charge in [-0.05, 0) is 26.7 Å². The van der Waals surface area contributed by atoms with Crippen LogP contribution in [0.2, 0.25) is 0 Å². The molecule has 0 rings (SSSR count). The van der Waals surface area contributed by atoms with Crippen molar-refractivity contribution in [1.29, 1.82) is 5.26 Å². The van der Waals surface area contributed by atoms with E-state index in [9.17, 15) is 0 Å². The highest BCUT2D eigenvalue weighted by Gasteiger charge is 2.20. The lowest BCUT2D eigenvalue weighted by Crippen LogP contribution is -2.44. The van der Waals surface area contributed by atoms with Crippen LogP contribution < -0.4 is 5.32 Å². The minimum atomic E-state index is -0.0279. The minimum absolute atomic E-state index is 0.0279. The Labute approximate surface area is 80.8 Å². The van der Waals surface area contributed by atoms with Crippen molar-refractivity contribution in [2.45, 2.75) is 39.2 Å². The maximum atomic E-state index is 8.85. The Hall–Kier alpha value is -0.590. The van der Waals surface area contributed by atoms with Crippen LogP contribution in [0, 0.1) is 17.2 Å². The van der Waals surface area contributed by atoms with Crippen molar-refractivity contribution in [3.05, 3.63) is 0 Å². The molecule has 0 fully saturated rings. The number of nitrogens with zero attached hydrogens (tertiary/aromatic N) is 1.